The molecule has 0 nitrogen and oxygen atoms in total. The fourth-order valence-corrected chi connectivity index (χ4v) is 2.76. The van der Waals surface area contributed by atoms with Crippen LogP contribution in [0.1, 0.15) is 16.7 Å². The van der Waals surface area contributed by atoms with Crippen molar-refractivity contribution in [1.82, 2.24) is 0 Å². The van der Waals surface area contributed by atoms with Gasteiger partial charge in [0, 0.05) is 10.6 Å². The first-order chi connectivity index (χ1) is 8.00. The molecule has 0 aliphatic carbocycles. The van der Waals surface area contributed by atoms with Crippen molar-refractivity contribution in [2.24, 2.45) is 0 Å². The van der Waals surface area contributed by atoms with Crippen LogP contribution < -0.4 is 0 Å². The molecule has 0 amide bonds. The summed E-state index contributed by atoms with van der Waals surface area (Å²) in [5.41, 5.74) is 5.91. The molecule has 0 fully saturated rings. The molecule has 2 aromatic carbocycles. The van der Waals surface area contributed by atoms with Crippen LogP contribution >= 0.6 is 23.2 Å². The van der Waals surface area contributed by atoms with Gasteiger partial charge >= 0.3 is 0 Å². The van der Waals surface area contributed by atoms with Crippen molar-refractivity contribution in [3.05, 3.63) is 57.1 Å². The lowest BCUT2D eigenvalue weighted by molar-refractivity contribution is 1.33. The average molecular weight is 265 g/mol. The zero-order chi connectivity index (χ0) is 12.6. The molecule has 0 aliphatic rings. The van der Waals surface area contributed by atoms with Crippen LogP contribution in [0.2, 0.25) is 10.0 Å². The topological polar surface area (TPSA) is 0 Å². The first-order valence-electron chi connectivity index (χ1n) is 5.53. The minimum absolute atomic E-state index is 0.682. The van der Waals surface area contributed by atoms with Crippen molar-refractivity contribution in [3.8, 4) is 11.1 Å². The average Bonchev–Trinajstić information content (AvgIpc) is 2.23. The van der Waals surface area contributed by atoms with Crippen molar-refractivity contribution in [1.29, 1.82) is 0 Å². The van der Waals surface area contributed by atoms with E-state index in [2.05, 4.69) is 32.0 Å². The number of hydrogen-bond donors (Lipinski definition) is 0. The molecule has 0 aromatic heterocycles. The lowest BCUT2D eigenvalue weighted by Gasteiger charge is -2.13. The smallest absolute Gasteiger partial charge is 0.0501 e. The van der Waals surface area contributed by atoms with Crippen molar-refractivity contribution in [2.75, 3.05) is 0 Å². The number of hydrogen-bond acceptors (Lipinski definition) is 0. The van der Waals surface area contributed by atoms with Gasteiger partial charge in [-0.1, -0.05) is 41.4 Å². The van der Waals surface area contributed by atoms with Crippen LogP contribution in [-0.2, 0) is 0 Å². The maximum absolute atomic E-state index is 6.31. The molecule has 0 atom stereocenters. The maximum Gasteiger partial charge on any atom is 0.0501 e. The standard InChI is InChI=1S/C15H14Cl2/c1-9-5-4-6-13(11(9)3)15-10(2)7-12(16)8-14(15)17/h4-8H,1-3H3. The Morgan fingerprint density at radius 3 is 2.24 bits per heavy atom. The van der Waals surface area contributed by atoms with Gasteiger partial charge in [0.2, 0.25) is 0 Å². The highest BCUT2D eigenvalue weighted by atomic mass is 35.5. The van der Waals surface area contributed by atoms with Gasteiger partial charge in [-0.05, 0) is 55.2 Å². The normalized spacial score (nSPS) is 10.6. The van der Waals surface area contributed by atoms with E-state index in [1.807, 2.05) is 13.0 Å². The fourth-order valence-electron chi connectivity index (χ4n) is 2.07. The lowest BCUT2D eigenvalue weighted by Crippen LogP contribution is -1.91. The highest BCUT2D eigenvalue weighted by molar-refractivity contribution is 6.36. The van der Waals surface area contributed by atoms with Crippen LogP contribution in [0, 0.1) is 20.8 Å². The van der Waals surface area contributed by atoms with Crippen LogP contribution in [0.4, 0.5) is 0 Å². The maximum atomic E-state index is 6.31. The van der Waals surface area contributed by atoms with Gasteiger partial charge in [-0.25, -0.2) is 0 Å². The van der Waals surface area contributed by atoms with Crippen molar-refractivity contribution < 1.29 is 0 Å². The van der Waals surface area contributed by atoms with E-state index in [4.69, 9.17) is 23.2 Å². The minimum Gasteiger partial charge on any atom is -0.0843 e. The van der Waals surface area contributed by atoms with Gasteiger partial charge in [0.25, 0.3) is 0 Å². The van der Waals surface area contributed by atoms with E-state index in [1.54, 1.807) is 6.07 Å². The Labute approximate surface area is 112 Å². The summed E-state index contributed by atoms with van der Waals surface area (Å²) in [7, 11) is 0. The first kappa shape index (κ1) is 12.5. The summed E-state index contributed by atoms with van der Waals surface area (Å²) in [4.78, 5) is 0. The third-order valence-electron chi connectivity index (χ3n) is 3.13. The second-order valence-electron chi connectivity index (χ2n) is 4.33. The zero-order valence-corrected chi connectivity index (χ0v) is 11.7. The molecule has 0 bridgehead atoms. The molecular weight excluding hydrogens is 251 g/mol. The predicted molar refractivity (Wildman–Crippen MR) is 76.1 cm³/mol. The molecule has 2 aromatic rings. The zero-order valence-electron chi connectivity index (χ0n) is 10.1. The Kier molecular flexibility index (Phi) is 3.46. The Bertz CT molecular complexity index is 548. The summed E-state index contributed by atoms with van der Waals surface area (Å²) in [6.45, 7) is 6.27. The van der Waals surface area contributed by atoms with E-state index in [9.17, 15) is 0 Å². The van der Waals surface area contributed by atoms with Gasteiger partial charge in [-0.3, -0.25) is 0 Å². The van der Waals surface area contributed by atoms with Crippen LogP contribution in [-0.4, -0.2) is 0 Å². The molecule has 88 valence electrons. The highest BCUT2D eigenvalue weighted by Gasteiger charge is 2.11. The fraction of sp³-hybridized carbons (Fsp3) is 0.200. The van der Waals surface area contributed by atoms with Crippen LogP contribution in [0.3, 0.4) is 0 Å². The Morgan fingerprint density at radius 2 is 1.59 bits per heavy atom. The molecular formula is C15H14Cl2. The Morgan fingerprint density at radius 1 is 0.882 bits per heavy atom. The van der Waals surface area contributed by atoms with Gasteiger partial charge in [-0.15, -0.1) is 0 Å². The molecule has 0 N–H and O–H groups in total. The Balaban J connectivity index is 2.73. The van der Waals surface area contributed by atoms with E-state index in [1.165, 1.54) is 16.7 Å². The number of rotatable bonds is 1. The van der Waals surface area contributed by atoms with Gasteiger partial charge in [-0.2, -0.15) is 0 Å². The second kappa shape index (κ2) is 4.72. The first-order valence-corrected chi connectivity index (χ1v) is 6.28. The summed E-state index contributed by atoms with van der Waals surface area (Å²) in [5, 5.41) is 1.39. The molecule has 17 heavy (non-hydrogen) atoms. The van der Waals surface area contributed by atoms with Gasteiger partial charge in [0.05, 0.1) is 5.02 Å². The Hall–Kier alpha value is -0.980. The third-order valence-corrected chi connectivity index (χ3v) is 3.64. The molecule has 2 rings (SSSR count). The monoisotopic (exact) mass is 264 g/mol. The van der Waals surface area contributed by atoms with Gasteiger partial charge in [0.1, 0.15) is 0 Å². The molecule has 0 saturated heterocycles. The summed E-state index contributed by atoms with van der Waals surface area (Å²) >= 11 is 12.3. The van der Waals surface area contributed by atoms with Crippen LogP contribution in [0.25, 0.3) is 11.1 Å². The summed E-state index contributed by atoms with van der Waals surface area (Å²) in [6, 6.07) is 10.0. The molecule has 0 aliphatic heterocycles. The summed E-state index contributed by atoms with van der Waals surface area (Å²) in [6.07, 6.45) is 0. The number of halogens is 2. The van der Waals surface area contributed by atoms with Crippen molar-refractivity contribution in [3.63, 3.8) is 0 Å². The molecule has 0 unspecified atom stereocenters. The van der Waals surface area contributed by atoms with E-state index in [-0.39, 0.29) is 0 Å². The van der Waals surface area contributed by atoms with E-state index < -0.39 is 0 Å². The van der Waals surface area contributed by atoms with Crippen LogP contribution in [0.5, 0.6) is 0 Å². The number of benzene rings is 2. The highest BCUT2D eigenvalue weighted by Crippen LogP contribution is 2.36. The number of aryl methyl sites for hydroxylation is 2. The quantitative estimate of drug-likeness (QED) is 0.630. The van der Waals surface area contributed by atoms with E-state index in [0.717, 1.165) is 11.1 Å². The molecule has 0 heterocycles. The summed E-state index contributed by atoms with van der Waals surface area (Å²) < 4.78 is 0. The SMILES string of the molecule is Cc1cccc(-c2c(C)cc(Cl)cc2Cl)c1C. The van der Waals surface area contributed by atoms with Gasteiger partial charge in [0.15, 0.2) is 0 Å². The molecule has 2 heteroatoms. The lowest BCUT2D eigenvalue weighted by atomic mass is 9.94. The van der Waals surface area contributed by atoms with E-state index >= 15 is 0 Å². The summed E-state index contributed by atoms with van der Waals surface area (Å²) in [5.74, 6) is 0. The predicted octanol–water partition coefficient (Wildman–Crippen LogP) is 5.59. The minimum atomic E-state index is 0.682. The van der Waals surface area contributed by atoms with Crippen molar-refractivity contribution >= 4 is 23.2 Å². The molecule has 0 saturated carbocycles. The molecule has 0 radical (unpaired) electrons. The third kappa shape index (κ3) is 2.34. The largest absolute Gasteiger partial charge is 0.0843 e. The second-order valence-corrected chi connectivity index (χ2v) is 5.17. The van der Waals surface area contributed by atoms with Crippen LogP contribution in [0.15, 0.2) is 30.3 Å². The van der Waals surface area contributed by atoms with Gasteiger partial charge < -0.3 is 0 Å². The van der Waals surface area contributed by atoms with E-state index in [0.29, 0.717) is 10.0 Å². The van der Waals surface area contributed by atoms with Crippen molar-refractivity contribution in [2.45, 2.75) is 20.8 Å². The molecule has 0 spiro atoms.